The van der Waals surface area contributed by atoms with Crippen molar-refractivity contribution in [3.05, 3.63) is 34.9 Å². The van der Waals surface area contributed by atoms with Gasteiger partial charge in [-0.05, 0) is 43.5 Å². The van der Waals surface area contributed by atoms with Crippen molar-refractivity contribution in [2.24, 2.45) is 0 Å². The molecule has 84 valence electrons. The Morgan fingerprint density at radius 2 is 2.07 bits per heavy atom. The Morgan fingerprint density at radius 3 is 2.73 bits per heavy atom. The molecule has 1 unspecified atom stereocenters. The molecule has 0 saturated carbocycles. The quantitative estimate of drug-likeness (QED) is 0.726. The first kappa shape index (κ1) is 12.2. The summed E-state index contributed by atoms with van der Waals surface area (Å²) in [5, 5.41) is 13.2. The maximum Gasteiger partial charge on any atom is 0.0917 e. The van der Waals surface area contributed by atoms with E-state index >= 15 is 0 Å². The summed E-state index contributed by atoms with van der Waals surface area (Å²) in [5.74, 6) is 0. The van der Waals surface area contributed by atoms with Gasteiger partial charge in [-0.3, -0.25) is 0 Å². The van der Waals surface area contributed by atoms with Gasteiger partial charge in [0.1, 0.15) is 0 Å². The SMILES string of the molecule is CCCNCC(O)c1cccc(C)c1C. The first-order valence-corrected chi connectivity index (χ1v) is 5.61. The maximum absolute atomic E-state index is 9.99. The molecule has 0 aliphatic carbocycles. The Labute approximate surface area is 92.3 Å². The van der Waals surface area contributed by atoms with Crippen molar-refractivity contribution in [1.82, 2.24) is 5.32 Å². The highest BCUT2D eigenvalue weighted by atomic mass is 16.3. The van der Waals surface area contributed by atoms with Crippen LogP contribution in [0, 0.1) is 13.8 Å². The van der Waals surface area contributed by atoms with Gasteiger partial charge >= 0.3 is 0 Å². The molecule has 2 N–H and O–H groups in total. The largest absolute Gasteiger partial charge is 0.387 e. The summed E-state index contributed by atoms with van der Waals surface area (Å²) in [6.07, 6.45) is 0.705. The van der Waals surface area contributed by atoms with Gasteiger partial charge in [-0.25, -0.2) is 0 Å². The lowest BCUT2D eigenvalue weighted by atomic mass is 9.99. The Morgan fingerprint density at radius 1 is 1.33 bits per heavy atom. The Bertz CT molecular complexity index is 309. The number of aliphatic hydroxyl groups excluding tert-OH is 1. The van der Waals surface area contributed by atoms with Crippen LogP contribution in [0.4, 0.5) is 0 Å². The molecule has 1 aromatic rings. The highest BCUT2D eigenvalue weighted by Crippen LogP contribution is 2.19. The fraction of sp³-hybridized carbons (Fsp3) is 0.538. The van der Waals surface area contributed by atoms with Crippen molar-refractivity contribution < 1.29 is 5.11 Å². The average Bonchev–Trinajstić information content (AvgIpc) is 2.22. The summed E-state index contributed by atoms with van der Waals surface area (Å²) in [4.78, 5) is 0. The number of hydrogen-bond donors (Lipinski definition) is 2. The van der Waals surface area contributed by atoms with Crippen molar-refractivity contribution in [2.45, 2.75) is 33.3 Å². The van der Waals surface area contributed by atoms with E-state index < -0.39 is 6.10 Å². The van der Waals surface area contributed by atoms with E-state index in [0.29, 0.717) is 6.54 Å². The van der Waals surface area contributed by atoms with Gasteiger partial charge in [0.15, 0.2) is 0 Å². The zero-order chi connectivity index (χ0) is 11.3. The zero-order valence-corrected chi connectivity index (χ0v) is 9.88. The van der Waals surface area contributed by atoms with Crippen molar-refractivity contribution in [3.8, 4) is 0 Å². The second-order valence-corrected chi connectivity index (χ2v) is 4.01. The molecule has 1 rings (SSSR count). The minimum Gasteiger partial charge on any atom is -0.387 e. The van der Waals surface area contributed by atoms with Crippen LogP contribution >= 0.6 is 0 Å². The van der Waals surface area contributed by atoms with Crippen LogP contribution in [0.3, 0.4) is 0 Å². The number of hydrogen-bond acceptors (Lipinski definition) is 2. The highest BCUT2D eigenvalue weighted by molar-refractivity contribution is 5.34. The molecular formula is C13H21NO. The Hall–Kier alpha value is -0.860. The molecule has 0 radical (unpaired) electrons. The second-order valence-electron chi connectivity index (χ2n) is 4.01. The van der Waals surface area contributed by atoms with Gasteiger partial charge in [-0.15, -0.1) is 0 Å². The summed E-state index contributed by atoms with van der Waals surface area (Å²) in [5.41, 5.74) is 3.48. The van der Waals surface area contributed by atoms with E-state index in [1.807, 2.05) is 12.1 Å². The van der Waals surface area contributed by atoms with Gasteiger partial charge in [0.25, 0.3) is 0 Å². The first-order valence-electron chi connectivity index (χ1n) is 5.61. The van der Waals surface area contributed by atoms with Crippen LogP contribution in [0.5, 0.6) is 0 Å². The lowest BCUT2D eigenvalue weighted by Gasteiger charge is -2.15. The summed E-state index contributed by atoms with van der Waals surface area (Å²) in [6, 6.07) is 6.08. The molecule has 0 bridgehead atoms. The topological polar surface area (TPSA) is 32.3 Å². The molecule has 0 aliphatic rings. The fourth-order valence-electron chi connectivity index (χ4n) is 1.66. The summed E-state index contributed by atoms with van der Waals surface area (Å²) in [7, 11) is 0. The summed E-state index contributed by atoms with van der Waals surface area (Å²) >= 11 is 0. The van der Waals surface area contributed by atoms with E-state index in [1.54, 1.807) is 0 Å². The van der Waals surface area contributed by atoms with Crippen LogP contribution in [-0.2, 0) is 0 Å². The zero-order valence-electron chi connectivity index (χ0n) is 9.88. The van der Waals surface area contributed by atoms with Crippen molar-refractivity contribution >= 4 is 0 Å². The molecule has 0 amide bonds. The van der Waals surface area contributed by atoms with Crippen LogP contribution in [0.15, 0.2) is 18.2 Å². The second kappa shape index (κ2) is 5.89. The van der Waals surface area contributed by atoms with Crippen molar-refractivity contribution in [1.29, 1.82) is 0 Å². The number of benzene rings is 1. The van der Waals surface area contributed by atoms with E-state index in [2.05, 4.69) is 32.2 Å². The molecule has 0 saturated heterocycles. The number of aliphatic hydroxyl groups is 1. The molecule has 2 heteroatoms. The standard InChI is InChI=1S/C13H21NO/c1-4-8-14-9-13(15)12-7-5-6-10(2)11(12)3/h5-7,13-15H,4,8-9H2,1-3H3. The Kier molecular flexibility index (Phi) is 4.79. The van der Waals surface area contributed by atoms with Gasteiger partial charge in [0.05, 0.1) is 6.10 Å². The monoisotopic (exact) mass is 207 g/mol. The molecule has 0 fully saturated rings. The first-order chi connectivity index (χ1) is 7.16. The molecule has 0 aromatic heterocycles. The van der Waals surface area contributed by atoms with E-state index in [4.69, 9.17) is 0 Å². The molecule has 0 spiro atoms. The van der Waals surface area contributed by atoms with Crippen molar-refractivity contribution in [2.75, 3.05) is 13.1 Å². The summed E-state index contributed by atoms with van der Waals surface area (Å²) < 4.78 is 0. The van der Waals surface area contributed by atoms with Gasteiger partial charge < -0.3 is 10.4 Å². The number of rotatable bonds is 5. The lowest BCUT2D eigenvalue weighted by Crippen LogP contribution is -2.22. The van der Waals surface area contributed by atoms with E-state index in [9.17, 15) is 5.11 Å². The van der Waals surface area contributed by atoms with Crippen LogP contribution < -0.4 is 5.32 Å². The molecule has 1 atom stereocenters. The van der Waals surface area contributed by atoms with Gasteiger partial charge in [0.2, 0.25) is 0 Å². The van der Waals surface area contributed by atoms with Crippen LogP contribution in [0.1, 0.15) is 36.1 Å². The predicted molar refractivity (Wildman–Crippen MR) is 64.0 cm³/mol. The minimum atomic E-state index is -0.392. The highest BCUT2D eigenvalue weighted by Gasteiger charge is 2.10. The van der Waals surface area contributed by atoms with E-state index in [1.165, 1.54) is 11.1 Å². The van der Waals surface area contributed by atoms with Gasteiger partial charge in [-0.2, -0.15) is 0 Å². The third-order valence-corrected chi connectivity index (χ3v) is 2.77. The normalized spacial score (nSPS) is 12.8. The fourth-order valence-corrected chi connectivity index (χ4v) is 1.66. The van der Waals surface area contributed by atoms with Gasteiger partial charge in [-0.1, -0.05) is 25.1 Å². The average molecular weight is 207 g/mol. The Balaban J connectivity index is 2.65. The van der Waals surface area contributed by atoms with Crippen LogP contribution in [-0.4, -0.2) is 18.2 Å². The van der Waals surface area contributed by atoms with Crippen molar-refractivity contribution in [3.63, 3.8) is 0 Å². The predicted octanol–water partition coefficient (Wildman–Crippen LogP) is 2.34. The van der Waals surface area contributed by atoms with Gasteiger partial charge in [0, 0.05) is 6.54 Å². The molecule has 0 heterocycles. The minimum absolute atomic E-state index is 0.392. The molecule has 2 nitrogen and oxygen atoms in total. The van der Waals surface area contributed by atoms with E-state index in [0.717, 1.165) is 18.5 Å². The number of nitrogens with one attached hydrogen (secondary N) is 1. The third-order valence-electron chi connectivity index (χ3n) is 2.77. The van der Waals surface area contributed by atoms with E-state index in [-0.39, 0.29) is 0 Å². The lowest BCUT2D eigenvalue weighted by molar-refractivity contribution is 0.174. The van der Waals surface area contributed by atoms with Crippen LogP contribution in [0.2, 0.25) is 0 Å². The molecule has 15 heavy (non-hydrogen) atoms. The van der Waals surface area contributed by atoms with Crippen LogP contribution in [0.25, 0.3) is 0 Å². The maximum atomic E-state index is 9.99. The summed E-state index contributed by atoms with van der Waals surface area (Å²) in [6.45, 7) is 7.86. The third kappa shape index (κ3) is 3.33. The number of aryl methyl sites for hydroxylation is 1. The molecule has 1 aromatic carbocycles. The molecular weight excluding hydrogens is 186 g/mol. The molecule has 0 aliphatic heterocycles. The smallest absolute Gasteiger partial charge is 0.0917 e.